The molecule has 39 heavy (non-hydrogen) atoms. The van der Waals surface area contributed by atoms with Crippen LogP contribution in [0.1, 0.15) is 35.2 Å². The first kappa shape index (κ1) is 27.7. The Morgan fingerprint density at radius 2 is 1.79 bits per heavy atom. The molecule has 2 aromatic carbocycles. The molecular formula is C28H28F3N3O5. The van der Waals surface area contributed by atoms with Gasteiger partial charge in [0.1, 0.15) is 30.5 Å². The summed E-state index contributed by atoms with van der Waals surface area (Å²) in [6.45, 7) is 1.55. The number of carbonyl (C=O) groups excluding carboxylic acids is 2. The largest absolute Gasteiger partial charge is 0.491 e. The third kappa shape index (κ3) is 6.98. The van der Waals surface area contributed by atoms with Crippen molar-refractivity contribution in [3.05, 3.63) is 82.8 Å². The van der Waals surface area contributed by atoms with Gasteiger partial charge in [0.25, 0.3) is 0 Å². The maximum atomic E-state index is 14.8. The molecule has 4 rings (SSSR count). The van der Waals surface area contributed by atoms with Gasteiger partial charge in [0.2, 0.25) is 5.91 Å². The Balaban J connectivity index is 1.36. The first-order chi connectivity index (χ1) is 18.6. The lowest BCUT2D eigenvalue weighted by Gasteiger charge is -2.26. The maximum absolute atomic E-state index is 14.8. The summed E-state index contributed by atoms with van der Waals surface area (Å²) >= 11 is 0. The number of aryl methyl sites for hydroxylation is 1. The van der Waals surface area contributed by atoms with Gasteiger partial charge in [0.05, 0.1) is 30.3 Å². The number of hydrogen-bond donors (Lipinski definition) is 3. The molecule has 8 nitrogen and oxygen atoms in total. The molecule has 206 valence electrons. The number of ether oxygens (including phenoxy) is 1. The van der Waals surface area contributed by atoms with Crippen LogP contribution in [0.2, 0.25) is 0 Å². The number of nitrogens with one attached hydrogen (secondary N) is 2. The molecule has 1 saturated heterocycles. The maximum Gasteiger partial charge on any atom is 0.335 e. The molecule has 0 bridgehead atoms. The van der Waals surface area contributed by atoms with E-state index in [0.717, 1.165) is 11.6 Å². The molecule has 11 heteroatoms. The van der Waals surface area contributed by atoms with Crippen molar-refractivity contribution in [2.24, 2.45) is 0 Å². The van der Waals surface area contributed by atoms with Crippen LogP contribution in [0.5, 0.6) is 5.75 Å². The Hall–Kier alpha value is -4.28. The Morgan fingerprint density at radius 3 is 2.49 bits per heavy atom. The zero-order valence-corrected chi connectivity index (χ0v) is 21.1. The molecule has 1 aliphatic carbocycles. The van der Waals surface area contributed by atoms with Gasteiger partial charge >= 0.3 is 12.0 Å². The number of rotatable bonds is 8. The van der Waals surface area contributed by atoms with Crippen LogP contribution in [-0.2, 0) is 4.79 Å². The molecule has 1 heterocycles. The van der Waals surface area contributed by atoms with E-state index in [1.54, 1.807) is 31.2 Å². The van der Waals surface area contributed by atoms with Gasteiger partial charge in [-0.15, -0.1) is 0 Å². The summed E-state index contributed by atoms with van der Waals surface area (Å²) in [5.41, 5.74) is 1.06. The molecule has 3 atom stereocenters. The minimum atomic E-state index is -1.74. The Morgan fingerprint density at radius 1 is 1.08 bits per heavy atom. The number of halogens is 3. The normalized spacial score (nSPS) is 20.9. The first-order valence-corrected chi connectivity index (χ1v) is 12.4. The molecule has 1 unspecified atom stereocenters. The van der Waals surface area contributed by atoms with Crippen molar-refractivity contribution >= 4 is 23.6 Å². The van der Waals surface area contributed by atoms with Crippen molar-refractivity contribution in [2.75, 3.05) is 18.5 Å². The third-order valence-electron chi connectivity index (χ3n) is 6.63. The van der Waals surface area contributed by atoms with E-state index in [2.05, 4.69) is 10.6 Å². The van der Waals surface area contributed by atoms with Crippen molar-refractivity contribution in [3.63, 3.8) is 0 Å². The fourth-order valence-electron chi connectivity index (χ4n) is 4.51. The highest BCUT2D eigenvalue weighted by atomic mass is 19.1. The lowest BCUT2D eigenvalue weighted by Crippen LogP contribution is -2.39. The van der Waals surface area contributed by atoms with Gasteiger partial charge < -0.3 is 25.4 Å². The van der Waals surface area contributed by atoms with Crippen molar-refractivity contribution in [1.29, 1.82) is 0 Å². The molecule has 2 aromatic rings. The smallest absolute Gasteiger partial charge is 0.335 e. The topological polar surface area (TPSA) is 108 Å². The van der Waals surface area contributed by atoms with E-state index in [1.807, 2.05) is 0 Å². The molecular weight excluding hydrogens is 515 g/mol. The molecule has 3 N–H and O–H groups in total. The number of carbonyl (C=O) groups is 3. The lowest BCUT2D eigenvalue weighted by atomic mass is 9.96. The van der Waals surface area contributed by atoms with E-state index in [4.69, 9.17) is 9.84 Å². The molecule has 1 fully saturated rings. The fourth-order valence-corrected chi connectivity index (χ4v) is 4.51. The average molecular weight is 544 g/mol. The van der Waals surface area contributed by atoms with Crippen LogP contribution in [0.4, 0.5) is 23.7 Å². The molecule has 2 aliphatic rings. The highest BCUT2D eigenvalue weighted by Gasteiger charge is 2.37. The quantitative estimate of drug-likeness (QED) is 0.431. The lowest BCUT2D eigenvalue weighted by molar-refractivity contribution is -0.132. The molecule has 3 amide bonds. The van der Waals surface area contributed by atoms with Crippen LogP contribution in [-0.4, -0.2) is 59.5 Å². The zero-order valence-electron chi connectivity index (χ0n) is 21.1. The second kappa shape index (κ2) is 12.1. The van der Waals surface area contributed by atoms with E-state index in [1.165, 1.54) is 29.2 Å². The van der Waals surface area contributed by atoms with Gasteiger partial charge in [-0.3, -0.25) is 4.79 Å². The number of benzene rings is 2. The van der Waals surface area contributed by atoms with Gasteiger partial charge in [0, 0.05) is 18.5 Å². The number of allylic oxidation sites excluding steroid dienone is 3. The number of urea groups is 1. The predicted molar refractivity (Wildman–Crippen MR) is 138 cm³/mol. The van der Waals surface area contributed by atoms with Gasteiger partial charge in [0.15, 0.2) is 0 Å². The van der Waals surface area contributed by atoms with Crippen LogP contribution in [0.25, 0.3) is 0 Å². The van der Waals surface area contributed by atoms with Crippen molar-refractivity contribution in [2.45, 2.75) is 44.6 Å². The minimum absolute atomic E-state index is 0.0240. The number of carboxylic acids is 1. The van der Waals surface area contributed by atoms with Gasteiger partial charge in [-0.2, -0.15) is 0 Å². The minimum Gasteiger partial charge on any atom is -0.491 e. The molecule has 0 aromatic heterocycles. The fraction of sp³-hybridized carbons (Fsp3) is 0.321. The van der Waals surface area contributed by atoms with E-state index >= 15 is 0 Å². The second-order valence-corrected chi connectivity index (χ2v) is 9.47. The first-order valence-electron chi connectivity index (χ1n) is 12.4. The number of aromatic carboxylic acids is 1. The molecule has 0 saturated carbocycles. The summed E-state index contributed by atoms with van der Waals surface area (Å²) in [7, 11) is 0. The molecule has 1 aliphatic heterocycles. The van der Waals surface area contributed by atoms with Crippen LogP contribution in [0, 0.1) is 6.92 Å². The summed E-state index contributed by atoms with van der Waals surface area (Å²) in [6.07, 6.45) is -3.03. The SMILES string of the molecule is Cc1ccccc1NC(=O)NC1=CC(F)=C(CC(=O)N2C[C@@H](F)C[C@H]2COc2ccc(C(=O)O)cc2)CC1F. The van der Waals surface area contributed by atoms with Crippen molar-refractivity contribution in [1.82, 2.24) is 10.2 Å². The second-order valence-electron chi connectivity index (χ2n) is 9.47. The van der Waals surface area contributed by atoms with Crippen molar-refractivity contribution < 1.29 is 37.4 Å². The number of amides is 3. The van der Waals surface area contributed by atoms with E-state index < -0.39 is 55.0 Å². The number of carboxylic acid groups (broad SMARTS) is 1. The monoisotopic (exact) mass is 543 g/mol. The summed E-state index contributed by atoms with van der Waals surface area (Å²) < 4.78 is 49.5. The number of hydrogen-bond acceptors (Lipinski definition) is 4. The highest BCUT2D eigenvalue weighted by molar-refractivity contribution is 5.91. The standard InChI is InChI=1S/C28H28F3N3O5/c1-16-4-2-3-5-24(16)32-28(38)33-25-13-22(30)18(10-23(25)31)11-26(35)34-14-19(29)12-20(34)15-39-21-8-6-17(7-9-21)27(36)37/h2-9,13,19-20,23H,10-12,14-15H2,1H3,(H,36,37)(H2,32,33,38)/t19-,20-,23?/m0/s1. The highest BCUT2D eigenvalue weighted by Crippen LogP contribution is 2.31. The van der Waals surface area contributed by atoms with Crippen LogP contribution in [0.3, 0.4) is 0 Å². The van der Waals surface area contributed by atoms with Gasteiger partial charge in [-0.25, -0.2) is 22.8 Å². The number of alkyl halides is 2. The van der Waals surface area contributed by atoms with Gasteiger partial charge in [-0.1, -0.05) is 18.2 Å². The van der Waals surface area contributed by atoms with Crippen LogP contribution >= 0.6 is 0 Å². The summed E-state index contributed by atoms with van der Waals surface area (Å²) in [5.74, 6) is -2.12. The summed E-state index contributed by atoms with van der Waals surface area (Å²) in [5, 5.41) is 13.9. The van der Waals surface area contributed by atoms with E-state index in [9.17, 15) is 27.6 Å². The third-order valence-corrected chi connectivity index (χ3v) is 6.63. The number of nitrogens with zero attached hydrogens (tertiary/aromatic N) is 1. The van der Waals surface area contributed by atoms with Crippen LogP contribution in [0.15, 0.2) is 71.7 Å². The van der Waals surface area contributed by atoms with Crippen molar-refractivity contribution in [3.8, 4) is 5.75 Å². The molecule has 0 spiro atoms. The van der Waals surface area contributed by atoms with Gasteiger partial charge in [-0.05, 0) is 54.5 Å². The van der Waals surface area contributed by atoms with E-state index in [-0.39, 0.29) is 36.4 Å². The average Bonchev–Trinajstić information content (AvgIpc) is 3.28. The van der Waals surface area contributed by atoms with E-state index in [0.29, 0.717) is 11.4 Å². The number of anilines is 1. The summed E-state index contributed by atoms with van der Waals surface area (Å²) in [6, 6.07) is 11.3. The Kier molecular flexibility index (Phi) is 8.58. The summed E-state index contributed by atoms with van der Waals surface area (Å²) in [4.78, 5) is 37.5. The molecule has 0 radical (unpaired) electrons. The zero-order chi connectivity index (χ0) is 28.1. The predicted octanol–water partition coefficient (Wildman–Crippen LogP) is 5.07. The number of para-hydroxylation sites is 1. The Bertz CT molecular complexity index is 1310. The Labute approximate surface area is 223 Å². The van der Waals surface area contributed by atoms with Crippen LogP contribution < -0.4 is 15.4 Å². The number of likely N-dealkylation sites (tertiary alicyclic amines) is 1.